The van der Waals surface area contributed by atoms with Gasteiger partial charge in [0, 0.05) is 25.7 Å². The molecule has 0 heterocycles. The summed E-state index contributed by atoms with van der Waals surface area (Å²) < 4.78 is 34.4. The minimum absolute atomic E-state index is 0.0493. The predicted octanol–water partition coefficient (Wildman–Crippen LogP) is 3.64. The predicted molar refractivity (Wildman–Crippen MR) is 89.8 cm³/mol. The van der Waals surface area contributed by atoms with E-state index in [1.807, 2.05) is 24.3 Å². The van der Waals surface area contributed by atoms with Crippen LogP contribution in [0.15, 0.2) is 48.5 Å². The van der Waals surface area contributed by atoms with Crippen molar-refractivity contribution in [3.8, 4) is 11.5 Å². The molecule has 0 aromatic heterocycles. The lowest BCUT2D eigenvalue weighted by molar-refractivity contribution is -0.0504. The number of hydrogen-bond donors (Lipinski definition) is 1. The van der Waals surface area contributed by atoms with Gasteiger partial charge < -0.3 is 19.7 Å². The topological polar surface area (TPSA) is 50.8 Å². The van der Waals surface area contributed by atoms with Crippen LogP contribution in [-0.4, -0.2) is 31.7 Å². The third-order valence-electron chi connectivity index (χ3n) is 3.52. The molecule has 0 saturated carbocycles. The number of rotatable bonds is 7. The second-order valence-electron chi connectivity index (χ2n) is 5.35. The number of amides is 2. The highest BCUT2D eigenvalue weighted by atomic mass is 19.3. The number of ether oxygens (including phenoxy) is 2. The number of carbonyl (C=O) groups is 1. The van der Waals surface area contributed by atoms with E-state index in [4.69, 9.17) is 4.74 Å². The number of urea groups is 1. The summed E-state index contributed by atoms with van der Waals surface area (Å²) in [6.45, 7) is -2.44. The molecule has 2 aromatic rings. The zero-order valence-corrected chi connectivity index (χ0v) is 14.0. The van der Waals surface area contributed by atoms with Crippen LogP contribution >= 0.6 is 0 Å². The van der Waals surface area contributed by atoms with E-state index in [2.05, 4.69) is 10.1 Å². The molecule has 0 radical (unpaired) electrons. The number of para-hydroxylation sites is 1. The number of nitrogens with one attached hydrogen (secondary N) is 1. The lowest BCUT2D eigenvalue weighted by Gasteiger charge is -2.19. The average Bonchev–Trinajstić information content (AvgIpc) is 2.60. The number of halogens is 2. The molecule has 0 aliphatic carbocycles. The lowest BCUT2D eigenvalue weighted by Crippen LogP contribution is -2.36. The number of methoxy groups -OCH3 is 1. The fraction of sp³-hybridized carbons (Fsp3) is 0.278. The molecule has 7 heteroatoms. The molecular weight excluding hydrogens is 330 g/mol. The summed E-state index contributed by atoms with van der Waals surface area (Å²) in [6.07, 6.45) is 0. The van der Waals surface area contributed by atoms with Gasteiger partial charge in [-0.25, -0.2) is 4.79 Å². The quantitative estimate of drug-likeness (QED) is 0.829. The van der Waals surface area contributed by atoms with Crippen LogP contribution in [0, 0.1) is 0 Å². The van der Waals surface area contributed by atoms with E-state index < -0.39 is 6.61 Å². The summed E-state index contributed by atoms with van der Waals surface area (Å²) in [5.74, 6) is 0.762. The van der Waals surface area contributed by atoms with Crippen molar-refractivity contribution in [1.82, 2.24) is 10.2 Å². The molecule has 5 nitrogen and oxygen atoms in total. The largest absolute Gasteiger partial charge is 0.497 e. The lowest BCUT2D eigenvalue weighted by atomic mass is 10.2. The Kier molecular flexibility index (Phi) is 6.56. The third kappa shape index (κ3) is 5.63. The van der Waals surface area contributed by atoms with Crippen molar-refractivity contribution in [3.63, 3.8) is 0 Å². The number of nitrogens with zero attached hydrogens (tertiary/aromatic N) is 1. The highest BCUT2D eigenvalue weighted by molar-refractivity contribution is 5.74. The summed E-state index contributed by atoms with van der Waals surface area (Å²) >= 11 is 0. The van der Waals surface area contributed by atoms with Crippen molar-refractivity contribution in [3.05, 3.63) is 59.7 Å². The number of alkyl halides is 2. The Morgan fingerprint density at radius 1 is 1.20 bits per heavy atom. The average molecular weight is 350 g/mol. The van der Waals surface area contributed by atoms with Gasteiger partial charge in [-0.05, 0) is 23.8 Å². The van der Waals surface area contributed by atoms with Gasteiger partial charge in [-0.1, -0.05) is 30.3 Å². The third-order valence-corrected chi connectivity index (χ3v) is 3.52. The van der Waals surface area contributed by atoms with Crippen molar-refractivity contribution in [2.45, 2.75) is 19.7 Å². The monoisotopic (exact) mass is 350 g/mol. The van der Waals surface area contributed by atoms with Crippen molar-refractivity contribution >= 4 is 6.03 Å². The molecule has 0 spiro atoms. The number of carbonyl (C=O) groups excluding carboxylic acids is 1. The molecule has 2 aromatic carbocycles. The van der Waals surface area contributed by atoms with E-state index in [9.17, 15) is 13.6 Å². The highest BCUT2D eigenvalue weighted by Gasteiger charge is 2.12. The summed E-state index contributed by atoms with van der Waals surface area (Å²) in [4.78, 5) is 13.7. The highest BCUT2D eigenvalue weighted by Crippen LogP contribution is 2.20. The Morgan fingerprint density at radius 2 is 1.96 bits per heavy atom. The van der Waals surface area contributed by atoms with Gasteiger partial charge in [-0.3, -0.25) is 0 Å². The maximum Gasteiger partial charge on any atom is 0.387 e. The fourth-order valence-electron chi connectivity index (χ4n) is 2.28. The Labute approximate surface area is 145 Å². The molecule has 0 aliphatic rings. The Morgan fingerprint density at radius 3 is 2.68 bits per heavy atom. The fourth-order valence-corrected chi connectivity index (χ4v) is 2.28. The molecule has 0 unspecified atom stereocenters. The van der Waals surface area contributed by atoms with E-state index in [1.54, 1.807) is 32.4 Å². The minimum Gasteiger partial charge on any atom is -0.497 e. The van der Waals surface area contributed by atoms with Gasteiger partial charge in [0.15, 0.2) is 0 Å². The van der Waals surface area contributed by atoms with Crippen LogP contribution in [0.2, 0.25) is 0 Å². The van der Waals surface area contributed by atoms with Gasteiger partial charge in [0.2, 0.25) is 0 Å². The summed E-state index contributed by atoms with van der Waals surface area (Å²) in [6, 6.07) is 13.4. The van der Waals surface area contributed by atoms with E-state index in [0.717, 1.165) is 5.56 Å². The summed E-state index contributed by atoms with van der Waals surface area (Å²) in [7, 11) is 3.23. The SMILES string of the molecule is COc1cccc(CN(C)C(=O)NCc2ccccc2OC(F)F)c1. The Bertz CT molecular complexity index is 710. The van der Waals surface area contributed by atoms with Gasteiger partial charge in [-0.15, -0.1) is 0 Å². The molecular formula is C18H20F2N2O3. The second kappa shape index (κ2) is 8.86. The van der Waals surface area contributed by atoms with Gasteiger partial charge in [-0.2, -0.15) is 8.78 Å². The van der Waals surface area contributed by atoms with Crippen LogP contribution in [0.3, 0.4) is 0 Å². The van der Waals surface area contributed by atoms with Gasteiger partial charge >= 0.3 is 12.6 Å². The summed E-state index contributed by atoms with van der Waals surface area (Å²) in [5, 5.41) is 2.69. The first-order valence-corrected chi connectivity index (χ1v) is 7.64. The normalized spacial score (nSPS) is 10.4. The number of hydrogen-bond acceptors (Lipinski definition) is 3. The molecule has 1 N–H and O–H groups in total. The maximum absolute atomic E-state index is 12.4. The molecule has 2 rings (SSSR count). The molecule has 0 atom stereocenters. The second-order valence-corrected chi connectivity index (χ2v) is 5.35. The van der Waals surface area contributed by atoms with Crippen molar-refractivity contribution < 1.29 is 23.0 Å². The van der Waals surface area contributed by atoms with E-state index in [0.29, 0.717) is 17.9 Å². The first-order valence-electron chi connectivity index (χ1n) is 7.64. The van der Waals surface area contributed by atoms with Crippen LogP contribution in [0.25, 0.3) is 0 Å². The molecule has 0 bridgehead atoms. The Hall–Kier alpha value is -2.83. The first kappa shape index (κ1) is 18.5. The van der Waals surface area contributed by atoms with E-state index >= 15 is 0 Å². The molecule has 2 amide bonds. The Balaban J connectivity index is 1.93. The standard InChI is InChI=1S/C18H20F2N2O3/c1-22(12-13-6-5-8-15(10-13)24-2)18(23)21-11-14-7-3-4-9-16(14)25-17(19)20/h3-10,17H,11-12H2,1-2H3,(H,21,23). The van der Waals surface area contributed by atoms with Gasteiger partial charge in [0.05, 0.1) is 7.11 Å². The van der Waals surface area contributed by atoms with E-state index in [-0.39, 0.29) is 18.3 Å². The maximum atomic E-state index is 12.4. The van der Waals surface area contributed by atoms with Crippen molar-refractivity contribution in [2.24, 2.45) is 0 Å². The number of benzene rings is 2. The van der Waals surface area contributed by atoms with Crippen LogP contribution < -0.4 is 14.8 Å². The zero-order chi connectivity index (χ0) is 18.2. The van der Waals surface area contributed by atoms with Crippen molar-refractivity contribution in [2.75, 3.05) is 14.2 Å². The van der Waals surface area contributed by atoms with Crippen LogP contribution in [-0.2, 0) is 13.1 Å². The molecule has 0 aliphatic heterocycles. The van der Waals surface area contributed by atoms with Crippen LogP contribution in [0.4, 0.5) is 13.6 Å². The smallest absolute Gasteiger partial charge is 0.387 e. The molecule has 134 valence electrons. The van der Waals surface area contributed by atoms with E-state index in [1.165, 1.54) is 11.0 Å². The summed E-state index contributed by atoms with van der Waals surface area (Å²) in [5.41, 5.74) is 1.39. The first-order chi connectivity index (χ1) is 12.0. The molecule has 0 fully saturated rings. The molecule has 0 saturated heterocycles. The zero-order valence-electron chi connectivity index (χ0n) is 14.0. The molecule has 25 heavy (non-hydrogen) atoms. The van der Waals surface area contributed by atoms with Gasteiger partial charge in [0.1, 0.15) is 11.5 Å². The van der Waals surface area contributed by atoms with Crippen LogP contribution in [0.1, 0.15) is 11.1 Å². The van der Waals surface area contributed by atoms with Crippen molar-refractivity contribution in [1.29, 1.82) is 0 Å². The minimum atomic E-state index is -2.91. The van der Waals surface area contributed by atoms with Crippen LogP contribution in [0.5, 0.6) is 11.5 Å². The van der Waals surface area contributed by atoms with Gasteiger partial charge in [0.25, 0.3) is 0 Å².